The van der Waals surface area contributed by atoms with Gasteiger partial charge in [-0.15, -0.1) is 0 Å². The number of hydrogen-bond donors (Lipinski definition) is 1. The molecule has 0 heterocycles. The molecule has 0 spiro atoms. The zero-order valence-corrected chi connectivity index (χ0v) is 7.80. The molecule has 0 atom stereocenters. The van der Waals surface area contributed by atoms with Crippen molar-refractivity contribution in [2.24, 2.45) is 11.7 Å². The van der Waals surface area contributed by atoms with Crippen LogP contribution in [-0.2, 0) is 9.53 Å². The lowest BCUT2D eigenvalue weighted by molar-refractivity contribution is -0.139. The number of nitrogens with two attached hydrogens (primary N) is 1. The van der Waals surface area contributed by atoms with Crippen LogP contribution in [-0.4, -0.2) is 12.7 Å². The van der Waals surface area contributed by atoms with E-state index in [1.807, 2.05) is 13.8 Å². The maximum Gasteiger partial charge on any atom is 0.334 e. The summed E-state index contributed by atoms with van der Waals surface area (Å²) in [5.41, 5.74) is 5.60. The fourth-order valence-corrected chi connectivity index (χ4v) is 1.12. The van der Waals surface area contributed by atoms with Gasteiger partial charge in [-0.25, -0.2) is 4.79 Å². The van der Waals surface area contributed by atoms with Gasteiger partial charge in [0.2, 0.25) is 0 Å². The highest BCUT2D eigenvalue weighted by Gasteiger charge is 2.16. The van der Waals surface area contributed by atoms with Gasteiger partial charge < -0.3 is 4.74 Å². The normalized spacial score (nSPS) is 10.0. The third-order valence-corrected chi connectivity index (χ3v) is 1.96. The Labute approximate surface area is 73.6 Å². The molecule has 0 amide bonds. The first kappa shape index (κ1) is 11.2. The Balaban J connectivity index is 4.07. The second-order valence-corrected chi connectivity index (χ2v) is 2.64. The van der Waals surface area contributed by atoms with E-state index < -0.39 is 0 Å². The Morgan fingerprint density at radius 3 is 2.33 bits per heavy atom. The average molecular weight is 171 g/mol. The monoisotopic (exact) mass is 171 g/mol. The number of hydrogen-bond acceptors (Lipinski definition) is 3. The molecule has 0 unspecified atom stereocenters. The van der Waals surface area contributed by atoms with Gasteiger partial charge in [-0.1, -0.05) is 20.4 Å². The van der Waals surface area contributed by atoms with E-state index in [0.29, 0.717) is 5.57 Å². The van der Waals surface area contributed by atoms with Crippen molar-refractivity contribution in [1.29, 1.82) is 0 Å². The molecular weight excluding hydrogens is 154 g/mol. The van der Waals surface area contributed by atoms with Crippen molar-refractivity contribution >= 4 is 5.97 Å². The molecule has 70 valence electrons. The lowest BCUT2D eigenvalue weighted by atomic mass is 9.95. The molecule has 0 saturated heterocycles. The first-order chi connectivity index (χ1) is 5.67. The van der Waals surface area contributed by atoms with Gasteiger partial charge in [0, 0.05) is 5.57 Å². The molecular formula is C9H17NO2. The molecule has 0 aromatic carbocycles. The van der Waals surface area contributed by atoms with Crippen LogP contribution in [0, 0.1) is 5.92 Å². The highest BCUT2D eigenvalue weighted by Crippen LogP contribution is 2.17. The number of carbonyl (C=O) groups excluding carboxylic acids is 1. The Morgan fingerprint density at radius 2 is 2.00 bits per heavy atom. The molecule has 2 N–H and O–H groups in total. The van der Waals surface area contributed by atoms with Gasteiger partial charge in [-0.3, -0.25) is 5.73 Å². The lowest BCUT2D eigenvalue weighted by Gasteiger charge is -2.13. The second-order valence-electron chi connectivity index (χ2n) is 2.64. The van der Waals surface area contributed by atoms with Crippen molar-refractivity contribution in [3.63, 3.8) is 0 Å². The molecule has 3 heteroatoms. The summed E-state index contributed by atoms with van der Waals surface area (Å²) in [4.78, 5) is 11.1. The van der Waals surface area contributed by atoms with Crippen molar-refractivity contribution in [2.45, 2.75) is 26.7 Å². The van der Waals surface area contributed by atoms with Crippen molar-refractivity contribution in [1.82, 2.24) is 0 Å². The largest absolute Gasteiger partial charge is 0.447 e. The van der Waals surface area contributed by atoms with Gasteiger partial charge in [0.15, 0.2) is 0 Å². The van der Waals surface area contributed by atoms with Gasteiger partial charge in [-0.05, 0) is 18.8 Å². The topological polar surface area (TPSA) is 52.3 Å². The maximum absolute atomic E-state index is 11.1. The molecule has 0 aliphatic heterocycles. The average Bonchev–Trinajstić information content (AvgIpc) is 2.07. The SMILES string of the molecule is C=C(C(=O)OCN)C(CC)CC. The van der Waals surface area contributed by atoms with Crippen LogP contribution in [0.25, 0.3) is 0 Å². The highest BCUT2D eigenvalue weighted by molar-refractivity contribution is 5.88. The fraction of sp³-hybridized carbons (Fsp3) is 0.667. The summed E-state index contributed by atoms with van der Waals surface area (Å²) in [6, 6.07) is 0. The molecule has 12 heavy (non-hydrogen) atoms. The number of esters is 1. The summed E-state index contributed by atoms with van der Waals surface area (Å²) in [6.07, 6.45) is 1.82. The zero-order valence-electron chi connectivity index (χ0n) is 7.80. The van der Waals surface area contributed by atoms with Gasteiger partial charge in [0.1, 0.15) is 6.73 Å². The minimum atomic E-state index is -0.369. The summed E-state index contributed by atoms with van der Waals surface area (Å²) in [5.74, 6) is -0.143. The van der Waals surface area contributed by atoms with E-state index in [4.69, 9.17) is 5.73 Å². The first-order valence-electron chi connectivity index (χ1n) is 4.23. The van der Waals surface area contributed by atoms with E-state index in [-0.39, 0.29) is 18.6 Å². The van der Waals surface area contributed by atoms with Crippen LogP contribution in [0.5, 0.6) is 0 Å². The third kappa shape index (κ3) is 3.05. The number of ether oxygens (including phenoxy) is 1. The molecule has 0 bridgehead atoms. The quantitative estimate of drug-likeness (QED) is 0.387. The summed E-state index contributed by atoms with van der Waals surface area (Å²) in [6.45, 7) is 7.66. The van der Waals surface area contributed by atoms with E-state index >= 15 is 0 Å². The standard InChI is InChI=1S/C9H17NO2/c1-4-8(5-2)7(3)9(11)12-6-10/h8H,3-6,10H2,1-2H3. The smallest absolute Gasteiger partial charge is 0.334 e. The Morgan fingerprint density at radius 1 is 1.50 bits per heavy atom. The van der Waals surface area contributed by atoms with E-state index in [1.54, 1.807) is 0 Å². The minimum Gasteiger partial charge on any atom is -0.447 e. The fourth-order valence-electron chi connectivity index (χ4n) is 1.12. The molecule has 0 rings (SSSR count). The molecule has 0 saturated carbocycles. The van der Waals surface area contributed by atoms with Crippen molar-refractivity contribution in [2.75, 3.05) is 6.73 Å². The third-order valence-electron chi connectivity index (χ3n) is 1.96. The van der Waals surface area contributed by atoms with Crippen molar-refractivity contribution in [3.05, 3.63) is 12.2 Å². The molecule has 0 aromatic heterocycles. The van der Waals surface area contributed by atoms with Crippen LogP contribution in [0.1, 0.15) is 26.7 Å². The van der Waals surface area contributed by atoms with Crippen LogP contribution in [0.2, 0.25) is 0 Å². The summed E-state index contributed by atoms with van der Waals surface area (Å²) in [7, 11) is 0. The molecule has 0 radical (unpaired) electrons. The maximum atomic E-state index is 11.1. The van der Waals surface area contributed by atoms with Gasteiger partial charge in [-0.2, -0.15) is 0 Å². The lowest BCUT2D eigenvalue weighted by Crippen LogP contribution is -2.17. The van der Waals surface area contributed by atoms with Crippen LogP contribution >= 0.6 is 0 Å². The van der Waals surface area contributed by atoms with Crippen LogP contribution in [0.15, 0.2) is 12.2 Å². The van der Waals surface area contributed by atoms with E-state index in [0.717, 1.165) is 12.8 Å². The predicted molar refractivity (Wildman–Crippen MR) is 48.4 cm³/mol. The zero-order chi connectivity index (χ0) is 9.56. The van der Waals surface area contributed by atoms with Crippen molar-refractivity contribution in [3.8, 4) is 0 Å². The molecule has 0 aliphatic carbocycles. The van der Waals surface area contributed by atoms with Crippen LogP contribution in [0.4, 0.5) is 0 Å². The van der Waals surface area contributed by atoms with Gasteiger partial charge >= 0.3 is 5.97 Å². The van der Waals surface area contributed by atoms with Gasteiger partial charge in [0.05, 0.1) is 0 Å². The Hall–Kier alpha value is -0.830. The summed E-state index contributed by atoms with van der Waals surface area (Å²) < 4.78 is 4.63. The van der Waals surface area contributed by atoms with E-state index in [2.05, 4.69) is 11.3 Å². The van der Waals surface area contributed by atoms with Crippen LogP contribution < -0.4 is 5.73 Å². The summed E-state index contributed by atoms with van der Waals surface area (Å²) >= 11 is 0. The van der Waals surface area contributed by atoms with E-state index in [1.165, 1.54) is 0 Å². The number of rotatable bonds is 5. The highest BCUT2D eigenvalue weighted by atomic mass is 16.5. The van der Waals surface area contributed by atoms with Crippen molar-refractivity contribution < 1.29 is 9.53 Å². The van der Waals surface area contributed by atoms with Crippen LogP contribution in [0.3, 0.4) is 0 Å². The second kappa shape index (κ2) is 5.77. The Kier molecular flexibility index (Phi) is 5.37. The van der Waals surface area contributed by atoms with Gasteiger partial charge in [0.25, 0.3) is 0 Å². The molecule has 0 aromatic rings. The van der Waals surface area contributed by atoms with E-state index in [9.17, 15) is 4.79 Å². The molecule has 3 nitrogen and oxygen atoms in total. The Bertz CT molecular complexity index is 162. The minimum absolute atomic E-state index is 0.0714. The molecule has 0 fully saturated rings. The summed E-state index contributed by atoms with van der Waals surface area (Å²) in [5, 5.41) is 0. The number of carbonyl (C=O) groups is 1. The molecule has 0 aliphatic rings. The first-order valence-corrected chi connectivity index (χ1v) is 4.23. The predicted octanol–water partition coefficient (Wildman–Crippen LogP) is 1.44.